The summed E-state index contributed by atoms with van der Waals surface area (Å²) in [5, 5.41) is 5.08. The van der Waals surface area contributed by atoms with Gasteiger partial charge in [0.05, 0.1) is 12.1 Å². The van der Waals surface area contributed by atoms with Gasteiger partial charge in [-0.3, -0.25) is 9.59 Å². The van der Waals surface area contributed by atoms with Crippen LogP contribution in [0.15, 0.2) is 47.3 Å². The van der Waals surface area contributed by atoms with Crippen molar-refractivity contribution in [3.8, 4) is 0 Å². The summed E-state index contributed by atoms with van der Waals surface area (Å²) in [6.07, 6.45) is 5.14. The summed E-state index contributed by atoms with van der Waals surface area (Å²) in [6.45, 7) is 3.53. The van der Waals surface area contributed by atoms with Gasteiger partial charge in [-0.1, -0.05) is 29.8 Å². The number of rotatable bonds is 5. The summed E-state index contributed by atoms with van der Waals surface area (Å²) in [6, 6.07) is 10.6. The van der Waals surface area contributed by atoms with Crippen LogP contribution in [0, 0.1) is 6.92 Å². The van der Waals surface area contributed by atoms with Crippen LogP contribution in [0.3, 0.4) is 0 Å². The van der Waals surface area contributed by atoms with E-state index in [1.807, 2.05) is 15.2 Å². The van der Waals surface area contributed by atoms with Crippen molar-refractivity contribution < 1.29 is 9.59 Å². The number of likely N-dealkylation sites (tertiary alicyclic amines) is 1. The van der Waals surface area contributed by atoms with Crippen LogP contribution in [-0.4, -0.2) is 39.7 Å². The fourth-order valence-corrected chi connectivity index (χ4v) is 6.60. The molecule has 7 heteroatoms. The number of aromatic nitrogens is 1. The second kappa shape index (κ2) is 9.16. The number of hydrogen-bond donors (Lipinski definition) is 0. The number of carbonyl (C=O) groups excluding carboxylic acids is 2. The lowest BCUT2D eigenvalue weighted by Gasteiger charge is -2.36. The molecule has 0 aliphatic carbocycles. The third-order valence-electron chi connectivity index (χ3n) is 6.54. The third-order valence-corrected chi connectivity index (χ3v) is 8.41. The number of nitrogens with zero attached hydrogens (tertiary/aromatic N) is 3. The van der Waals surface area contributed by atoms with Gasteiger partial charge in [-0.05, 0) is 48.8 Å². The van der Waals surface area contributed by atoms with Crippen LogP contribution >= 0.6 is 22.7 Å². The molecule has 2 unspecified atom stereocenters. The van der Waals surface area contributed by atoms with Crippen molar-refractivity contribution >= 4 is 34.5 Å². The van der Waals surface area contributed by atoms with Gasteiger partial charge < -0.3 is 9.80 Å². The van der Waals surface area contributed by atoms with Crippen molar-refractivity contribution in [2.24, 2.45) is 0 Å². The molecule has 5 nitrogen and oxygen atoms in total. The van der Waals surface area contributed by atoms with Crippen molar-refractivity contribution in [1.82, 2.24) is 14.8 Å². The van der Waals surface area contributed by atoms with Crippen LogP contribution in [0.25, 0.3) is 0 Å². The third kappa shape index (κ3) is 4.11. The number of thiazole rings is 1. The zero-order valence-corrected chi connectivity index (χ0v) is 19.8. The molecule has 3 aromatic rings. The fourth-order valence-electron chi connectivity index (χ4n) is 4.92. The normalized spacial score (nSPS) is 20.4. The van der Waals surface area contributed by atoms with Gasteiger partial charge >= 0.3 is 0 Å². The Morgan fingerprint density at radius 2 is 1.78 bits per heavy atom. The zero-order chi connectivity index (χ0) is 22.1. The first-order valence-electron chi connectivity index (χ1n) is 11.2. The topological polar surface area (TPSA) is 53.5 Å². The Kier molecular flexibility index (Phi) is 6.11. The van der Waals surface area contributed by atoms with Gasteiger partial charge in [-0.2, -0.15) is 0 Å². The van der Waals surface area contributed by atoms with Gasteiger partial charge in [-0.25, -0.2) is 4.98 Å². The van der Waals surface area contributed by atoms with Crippen molar-refractivity contribution in [2.45, 2.75) is 51.1 Å². The SMILES string of the molecule is Cc1ccc(C2c3ccsc3CCN2C(=O)CCC(=O)N2CCCC2c2nccs2)cc1. The van der Waals surface area contributed by atoms with Gasteiger partial charge in [0.2, 0.25) is 11.8 Å². The molecular weight excluding hydrogens is 438 g/mol. The van der Waals surface area contributed by atoms with Gasteiger partial charge in [0.15, 0.2) is 0 Å². The van der Waals surface area contributed by atoms with Crippen molar-refractivity contribution in [3.63, 3.8) is 0 Å². The van der Waals surface area contributed by atoms with E-state index in [0.717, 1.165) is 36.4 Å². The lowest BCUT2D eigenvalue weighted by Crippen LogP contribution is -2.40. The van der Waals surface area contributed by atoms with Crippen molar-refractivity contribution in [1.29, 1.82) is 0 Å². The van der Waals surface area contributed by atoms with Gasteiger partial charge in [0.25, 0.3) is 0 Å². The maximum Gasteiger partial charge on any atom is 0.223 e. The lowest BCUT2D eigenvalue weighted by molar-refractivity contribution is -0.138. The highest BCUT2D eigenvalue weighted by Crippen LogP contribution is 2.38. The predicted octanol–water partition coefficient (Wildman–Crippen LogP) is 5.13. The summed E-state index contributed by atoms with van der Waals surface area (Å²) >= 11 is 3.37. The molecule has 4 heterocycles. The summed E-state index contributed by atoms with van der Waals surface area (Å²) in [5.74, 6) is 0.127. The molecular formula is C25H27N3O2S2. The van der Waals surface area contributed by atoms with Crippen LogP contribution < -0.4 is 0 Å². The molecule has 5 rings (SSSR count). The molecule has 2 atom stereocenters. The Bertz CT molecular complexity index is 1090. The van der Waals surface area contributed by atoms with E-state index in [9.17, 15) is 9.59 Å². The highest BCUT2D eigenvalue weighted by Gasteiger charge is 2.35. The number of aryl methyl sites for hydroxylation is 1. The summed E-state index contributed by atoms with van der Waals surface area (Å²) in [7, 11) is 0. The van der Waals surface area contributed by atoms with Crippen molar-refractivity contribution in [3.05, 3.63) is 73.9 Å². The Hall–Kier alpha value is -2.51. The maximum absolute atomic E-state index is 13.4. The average Bonchev–Trinajstić information content (AvgIpc) is 3.57. The second-order valence-electron chi connectivity index (χ2n) is 8.56. The quantitative estimate of drug-likeness (QED) is 0.525. The van der Waals surface area contributed by atoms with E-state index in [0.29, 0.717) is 6.54 Å². The minimum atomic E-state index is -0.0666. The number of benzene rings is 1. The standard InChI is InChI=1S/C25H27N3O2S2/c1-17-4-6-18(7-5-17)24-19-11-15-31-21(19)10-14-28(24)23(30)9-8-22(29)27-13-2-3-20(27)25-26-12-16-32-25/h4-7,11-12,15-16,20,24H,2-3,8-10,13-14H2,1H3. The van der Waals surface area contributed by atoms with Crippen LogP contribution in [0.2, 0.25) is 0 Å². The lowest BCUT2D eigenvalue weighted by atomic mass is 9.92. The van der Waals surface area contributed by atoms with Gasteiger partial charge in [-0.15, -0.1) is 22.7 Å². The number of amides is 2. The summed E-state index contributed by atoms with van der Waals surface area (Å²) in [5.41, 5.74) is 3.57. The minimum Gasteiger partial charge on any atom is -0.333 e. The number of carbonyl (C=O) groups is 2. The first-order valence-corrected chi connectivity index (χ1v) is 13.0. The van der Waals surface area contributed by atoms with Crippen LogP contribution in [0.1, 0.15) is 64.3 Å². The molecule has 0 spiro atoms. The van der Waals surface area contributed by atoms with E-state index < -0.39 is 0 Å². The molecule has 166 valence electrons. The first-order chi connectivity index (χ1) is 15.6. The van der Waals surface area contributed by atoms with Gasteiger partial charge in [0.1, 0.15) is 5.01 Å². The largest absolute Gasteiger partial charge is 0.333 e. The van der Waals surface area contributed by atoms with E-state index >= 15 is 0 Å². The molecule has 0 radical (unpaired) electrons. The second-order valence-corrected chi connectivity index (χ2v) is 10.5. The smallest absolute Gasteiger partial charge is 0.223 e. The maximum atomic E-state index is 13.4. The summed E-state index contributed by atoms with van der Waals surface area (Å²) in [4.78, 5) is 36.1. The molecule has 0 saturated carbocycles. The van der Waals surface area contributed by atoms with E-state index in [1.165, 1.54) is 16.0 Å². The van der Waals surface area contributed by atoms with Crippen molar-refractivity contribution in [2.75, 3.05) is 13.1 Å². The minimum absolute atomic E-state index is 0.0609. The van der Waals surface area contributed by atoms with E-state index in [-0.39, 0.29) is 36.7 Å². The van der Waals surface area contributed by atoms with E-state index in [1.54, 1.807) is 28.9 Å². The highest BCUT2D eigenvalue weighted by molar-refractivity contribution is 7.10. The van der Waals surface area contributed by atoms with Crippen LogP contribution in [0.5, 0.6) is 0 Å². The highest BCUT2D eigenvalue weighted by atomic mass is 32.1. The monoisotopic (exact) mass is 465 g/mol. The summed E-state index contributed by atoms with van der Waals surface area (Å²) < 4.78 is 0. The average molecular weight is 466 g/mol. The molecule has 0 bridgehead atoms. The molecule has 1 fully saturated rings. The Balaban J connectivity index is 1.30. The number of hydrogen-bond acceptors (Lipinski definition) is 5. The zero-order valence-electron chi connectivity index (χ0n) is 18.2. The van der Waals surface area contributed by atoms with E-state index in [2.05, 4.69) is 47.6 Å². The van der Waals surface area contributed by atoms with E-state index in [4.69, 9.17) is 0 Å². The first kappa shape index (κ1) is 21.3. The molecule has 2 aromatic heterocycles. The number of thiophene rings is 1. The fraction of sp³-hybridized carbons (Fsp3) is 0.400. The molecule has 32 heavy (non-hydrogen) atoms. The Labute approximate surface area is 196 Å². The molecule has 2 amide bonds. The van der Waals surface area contributed by atoms with Crippen LogP contribution in [-0.2, 0) is 16.0 Å². The molecule has 2 aliphatic rings. The Morgan fingerprint density at radius 3 is 2.53 bits per heavy atom. The number of fused-ring (bicyclic) bond motifs is 1. The van der Waals surface area contributed by atoms with Crippen LogP contribution in [0.4, 0.5) is 0 Å². The molecule has 1 saturated heterocycles. The molecule has 1 aromatic carbocycles. The van der Waals surface area contributed by atoms with Gasteiger partial charge in [0, 0.05) is 42.4 Å². The molecule has 2 aliphatic heterocycles. The molecule has 0 N–H and O–H groups in total. The predicted molar refractivity (Wildman–Crippen MR) is 128 cm³/mol. The Morgan fingerprint density at radius 1 is 1.00 bits per heavy atom.